The second-order valence-corrected chi connectivity index (χ2v) is 7.45. The van der Waals surface area contributed by atoms with Gasteiger partial charge in [0.1, 0.15) is 9.09 Å². The fourth-order valence-electron chi connectivity index (χ4n) is 1.84. The van der Waals surface area contributed by atoms with Gasteiger partial charge in [-0.25, -0.2) is 13.2 Å². The summed E-state index contributed by atoms with van der Waals surface area (Å²) in [6.07, 6.45) is -0.793. The highest BCUT2D eigenvalue weighted by atomic mass is 32.2. The fraction of sp³-hybridized carbons (Fsp3) is 0.455. The van der Waals surface area contributed by atoms with E-state index in [1.807, 2.05) is 6.07 Å². The first-order chi connectivity index (χ1) is 9.36. The number of nitriles is 1. The summed E-state index contributed by atoms with van der Waals surface area (Å²) < 4.78 is 31.1. The van der Waals surface area contributed by atoms with E-state index in [0.717, 1.165) is 15.6 Å². The van der Waals surface area contributed by atoms with Crippen LogP contribution in [-0.4, -0.2) is 49.6 Å². The number of ether oxygens (including phenoxy) is 1. The molecule has 1 fully saturated rings. The molecule has 1 N–H and O–H groups in total. The first-order valence-electron chi connectivity index (χ1n) is 5.71. The first kappa shape index (κ1) is 14.9. The van der Waals surface area contributed by atoms with E-state index >= 15 is 0 Å². The van der Waals surface area contributed by atoms with Crippen LogP contribution in [0.15, 0.2) is 10.3 Å². The zero-order valence-electron chi connectivity index (χ0n) is 10.6. The zero-order chi connectivity index (χ0) is 14.9. The minimum Gasteiger partial charge on any atom is -0.477 e. The molecule has 1 saturated heterocycles. The number of nitrogens with zero attached hydrogens (tertiary/aromatic N) is 2. The molecule has 0 radical (unpaired) electrons. The third-order valence-corrected chi connectivity index (χ3v) is 6.40. The Bertz CT molecular complexity index is 673. The monoisotopic (exact) mass is 316 g/mol. The molecule has 1 unspecified atom stereocenters. The summed E-state index contributed by atoms with van der Waals surface area (Å²) in [5.41, 5.74) is 0.408. The molecule has 0 aromatic carbocycles. The quantitative estimate of drug-likeness (QED) is 0.878. The number of carboxylic acids is 1. The molecule has 2 heterocycles. The fourth-order valence-corrected chi connectivity index (χ4v) is 4.80. The molecular formula is C11H12N2O5S2. The molecule has 2 rings (SSSR count). The van der Waals surface area contributed by atoms with Crippen LogP contribution in [0.25, 0.3) is 0 Å². The zero-order valence-corrected chi connectivity index (χ0v) is 12.2. The number of aromatic carboxylic acids is 1. The van der Waals surface area contributed by atoms with Crippen LogP contribution in [0.5, 0.6) is 0 Å². The van der Waals surface area contributed by atoms with Crippen molar-refractivity contribution < 1.29 is 23.1 Å². The van der Waals surface area contributed by atoms with Gasteiger partial charge in [-0.15, -0.1) is 11.3 Å². The van der Waals surface area contributed by atoms with Crippen LogP contribution in [0.1, 0.15) is 15.2 Å². The van der Waals surface area contributed by atoms with E-state index in [0.29, 0.717) is 5.56 Å². The maximum atomic E-state index is 12.4. The molecule has 0 bridgehead atoms. The van der Waals surface area contributed by atoms with Gasteiger partial charge in [-0.05, 0) is 18.6 Å². The number of hydrogen-bond donors (Lipinski definition) is 1. The second kappa shape index (κ2) is 5.49. The first-order valence-corrected chi connectivity index (χ1v) is 7.97. The van der Waals surface area contributed by atoms with Crippen molar-refractivity contribution in [1.29, 1.82) is 5.26 Å². The number of thiophene rings is 1. The summed E-state index contributed by atoms with van der Waals surface area (Å²) in [7, 11) is -3.78. The average Bonchev–Trinajstić information content (AvgIpc) is 2.82. The van der Waals surface area contributed by atoms with Gasteiger partial charge in [0.2, 0.25) is 0 Å². The molecule has 0 spiro atoms. The van der Waals surface area contributed by atoms with Crippen molar-refractivity contribution in [2.45, 2.75) is 17.2 Å². The Morgan fingerprint density at radius 1 is 1.65 bits per heavy atom. The highest BCUT2D eigenvalue weighted by molar-refractivity contribution is 7.91. The van der Waals surface area contributed by atoms with Crippen molar-refractivity contribution in [2.24, 2.45) is 0 Å². The predicted molar refractivity (Wildman–Crippen MR) is 70.1 cm³/mol. The van der Waals surface area contributed by atoms with Crippen molar-refractivity contribution in [1.82, 2.24) is 4.31 Å². The molecule has 0 saturated carbocycles. The van der Waals surface area contributed by atoms with Crippen LogP contribution in [0.4, 0.5) is 0 Å². The lowest BCUT2D eigenvalue weighted by atomic mass is 10.3. The van der Waals surface area contributed by atoms with E-state index in [1.165, 1.54) is 6.07 Å². The molecule has 1 aliphatic heterocycles. The summed E-state index contributed by atoms with van der Waals surface area (Å²) in [6.45, 7) is 1.81. The van der Waals surface area contributed by atoms with Crippen molar-refractivity contribution in [2.75, 3.05) is 19.7 Å². The van der Waals surface area contributed by atoms with Gasteiger partial charge in [-0.1, -0.05) is 0 Å². The smallest absolute Gasteiger partial charge is 0.346 e. The Morgan fingerprint density at radius 3 is 2.90 bits per heavy atom. The van der Waals surface area contributed by atoms with E-state index in [-0.39, 0.29) is 28.8 Å². The van der Waals surface area contributed by atoms with Crippen molar-refractivity contribution >= 4 is 27.3 Å². The van der Waals surface area contributed by atoms with Crippen LogP contribution in [0.2, 0.25) is 0 Å². The maximum absolute atomic E-state index is 12.4. The van der Waals surface area contributed by atoms with Gasteiger partial charge in [0, 0.05) is 6.54 Å². The van der Waals surface area contributed by atoms with Crippen molar-refractivity contribution in [3.8, 4) is 6.07 Å². The molecule has 1 atom stereocenters. The molecule has 108 valence electrons. The Morgan fingerprint density at radius 2 is 2.35 bits per heavy atom. The lowest BCUT2D eigenvalue weighted by Crippen LogP contribution is -2.44. The number of morpholine rings is 1. The lowest BCUT2D eigenvalue weighted by molar-refractivity contribution is 0.0312. The van der Waals surface area contributed by atoms with E-state index < -0.39 is 22.1 Å². The van der Waals surface area contributed by atoms with Gasteiger partial charge < -0.3 is 9.84 Å². The molecule has 1 aromatic heterocycles. The van der Waals surface area contributed by atoms with Crippen molar-refractivity contribution in [3.05, 3.63) is 16.5 Å². The van der Waals surface area contributed by atoms with Gasteiger partial charge in [0.15, 0.2) is 6.10 Å². The van der Waals surface area contributed by atoms with E-state index in [1.54, 1.807) is 6.92 Å². The highest BCUT2D eigenvalue weighted by Gasteiger charge is 2.32. The number of hydrogen-bond acceptors (Lipinski definition) is 6. The molecule has 0 aliphatic carbocycles. The Hall–Kier alpha value is -1.47. The van der Waals surface area contributed by atoms with Crippen LogP contribution < -0.4 is 0 Å². The minimum absolute atomic E-state index is 0.00803. The topological polar surface area (TPSA) is 108 Å². The summed E-state index contributed by atoms with van der Waals surface area (Å²) >= 11 is 0.724. The molecule has 1 aliphatic rings. The third-order valence-electron chi connectivity index (χ3n) is 2.86. The van der Waals surface area contributed by atoms with Crippen LogP contribution >= 0.6 is 11.3 Å². The molecule has 9 heteroatoms. The summed E-state index contributed by atoms with van der Waals surface area (Å²) in [5.74, 6) is -1.15. The van der Waals surface area contributed by atoms with Crippen molar-refractivity contribution in [3.63, 3.8) is 0 Å². The standard InChI is InChI=1S/C11H12N2O5S2/c1-7-4-9(19-10(7)11(14)15)20(16,17)13-2-3-18-8(5-12)6-13/h4,8H,2-3,6H2,1H3,(H,14,15). The van der Waals surface area contributed by atoms with Gasteiger partial charge in [-0.2, -0.15) is 9.57 Å². The average molecular weight is 316 g/mol. The SMILES string of the molecule is Cc1cc(S(=O)(=O)N2CCOC(C#N)C2)sc1C(=O)O. The minimum atomic E-state index is -3.78. The number of carboxylic acid groups (broad SMARTS) is 1. The normalized spacial score (nSPS) is 20.5. The summed E-state index contributed by atoms with van der Waals surface area (Å²) in [5, 5.41) is 17.8. The summed E-state index contributed by atoms with van der Waals surface area (Å²) in [4.78, 5) is 11.0. The molecule has 7 nitrogen and oxygen atoms in total. The largest absolute Gasteiger partial charge is 0.477 e. The third kappa shape index (κ3) is 2.69. The number of rotatable bonds is 3. The molecule has 20 heavy (non-hydrogen) atoms. The van der Waals surface area contributed by atoms with E-state index in [9.17, 15) is 13.2 Å². The van der Waals surface area contributed by atoms with Gasteiger partial charge in [0.05, 0.1) is 19.2 Å². The molecule has 0 amide bonds. The molecular weight excluding hydrogens is 304 g/mol. The van der Waals surface area contributed by atoms with Gasteiger partial charge in [-0.3, -0.25) is 0 Å². The van der Waals surface area contributed by atoms with E-state index in [4.69, 9.17) is 15.1 Å². The highest BCUT2D eigenvalue weighted by Crippen LogP contribution is 2.29. The van der Waals surface area contributed by atoms with Crippen LogP contribution in [0.3, 0.4) is 0 Å². The van der Waals surface area contributed by atoms with Gasteiger partial charge >= 0.3 is 5.97 Å². The maximum Gasteiger partial charge on any atom is 0.346 e. The number of carbonyl (C=O) groups is 1. The number of sulfonamides is 1. The summed E-state index contributed by atoms with van der Waals surface area (Å²) in [6, 6.07) is 3.22. The van der Waals surface area contributed by atoms with E-state index in [2.05, 4.69) is 0 Å². The lowest BCUT2D eigenvalue weighted by Gasteiger charge is -2.28. The van der Waals surface area contributed by atoms with Crippen LogP contribution in [0, 0.1) is 18.3 Å². The van der Waals surface area contributed by atoms with Gasteiger partial charge in [0.25, 0.3) is 10.0 Å². The Balaban J connectivity index is 2.33. The Kier molecular flexibility index (Phi) is 4.10. The van der Waals surface area contributed by atoms with Crippen LogP contribution in [-0.2, 0) is 14.8 Å². The Labute approximate surface area is 120 Å². The number of aryl methyl sites for hydroxylation is 1. The second-order valence-electron chi connectivity index (χ2n) is 4.23. The predicted octanol–water partition coefficient (Wildman–Crippen LogP) is 0.668. The molecule has 1 aromatic rings.